The molecule has 1 atom stereocenters. The van der Waals surface area contributed by atoms with Crippen LogP contribution in [-0.2, 0) is 9.84 Å². The summed E-state index contributed by atoms with van der Waals surface area (Å²) in [6, 6.07) is 0. The van der Waals surface area contributed by atoms with Gasteiger partial charge in [0.05, 0.1) is 0 Å². The van der Waals surface area contributed by atoms with Crippen LogP contribution in [0.25, 0.3) is 0 Å². The van der Waals surface area contributed by atoms with Crippen molar-refractivity contribution in [3.63, 3.8) is 0 Å². The van der Waals surface area contributed by atoms with Crippen LogP contribution >= 0.6 is 23.4 Å². The van der Waals surface area contributed by atoms with E-state index in [0.717, 1.165) is 11.3 Å². The number of rotatable bonds is 3. The predicted molar refractivity (Wildman–Crippen MR) is 89.2 cm³/mol. The first-order chi connectivity index (χ1) is 9.71. The second-order valence-electron chi connectivity index (χ2n) is 5.53. The summed E-state index contributed by atoms with van der Waals surface area (Å²) < 4.78 is 24.1. The summed E-state index contributed by atoms with van der Waals surface area (Å²) in [6.45, 7) is 6.47. The summed E-state index contributed by atoms with van der Waals surface area (Å²) in [4.78, 5) is 10.7. The molecule has 118 valence electrons. The lowest BCUT2D eigenvalue weighted by Gasteiger charge is -2.36. The minimum absolute atomic E-state index is 0.137. The molecule has 1 fully saturated rings. The van der Waals surface area contributed by atoms with Gasteiger partial charge in [0.25, 0.3) is 0 Å². The van der Waals surface area contributed by atoms with Gasteiger partial charge in [-0.05, 0) is 6.92 Å². The Balaban J connectivity index is 2.52. The average Bonchev–Trinajstić information content (AvgIpc) is 2.40. The first kappa shape index (κ1) is 16.8. The highest BCUT2D eigenvalue weighted by Gasteiger charge is 2.33. The van der Waals surface area contributed by atoms with E-state index in [1.54, 1.807) is 11.8 Å². The zero-order valence-electron chi connectivity index (χ0n) is 12.6. The molecule has 1 aromatic heterocycles. The smallest absolute Gasteiger partial charge is 0.169 e. The first-order valence-electron chi connectivity index (χ1n) is 6.79. The maximum Gasteiger partial charge on any atom is 0.169 e. The largest absolute Gasteiger partial charge is 0.338 e. The fourth-order valence-corrected chi connectivity index (χ4v) is 5.20. The van der Waals surface area contributed by atoms with Crippen LogP contribution < -0.4 is 4.90 Å². The van der Waals surface area contributed by atoms with Crippen molar-refractivity contribution in [2.24, 2.45) is 0 Å². The van der Waals surface area contributed by atoms with Crippen LogP contribution in [0.4, 0.5) is 5.82 Å². The molecule has 1 unspecified atom stereocenters. The van der Waals surface area contributed by atoms with E-state index in [1.165, 1.54) is 6.26 Å². The van der Waals surface area contributed by atoms with E-state index in [2.05, 4.69) is 9.97 Å². The van der Waals surface area contributed by atoms with Crippen LogP contribution in [0.3, 0.4) is 0 Å². The number of thioether (sulfide) groups is 1. The van der Waals surface area contributed by atoms with E-state index in [4.69, 9.17) is 11.6 Å². The molecular formula is C13H20ClN3O2S2. The first-order valence-corrected chi connectivity index (χ1v) is 10.3. The van der Waals surface area contributed by atoms with E-state index in [-0.39, 0.29) is 5.92 Å². The molecule has 0 aromatic carbocycles. The van der Waals surface area contributed by atoms with E-state index in [9.17, 15) is 8.42 Å². The fourth-order valence-electron chi connectivity index (χ4n) is 2.21. The second kappa shape index (κ2) is 6.30. The van der Waals surface area contributed by atoms with E-state index < -0.39 is 15.2 Å². The van der Waals surface area contributed by atoms with Gasteiger partial charge in [0.15, 0.2) is 9.84 Å². The normalized spacial score (nSPS) is 20.1. The van der Waals surface area contributed by atoms with Crippen LogP contribution in [-0.4, -0.2) is 48.1 Å². The molecule has 8 heteroatoms. The van der Waals surface area contributed by atoms with Crippen molar-refractivity contribution in [2.45, 2.75) is 32.1 Å². The third kappa shape index (κ3) is 3.63. The molecule has 21 heavy (non-hydrogen) atoms. The molecule has 0 amide bonds. The summed E-state index contributed by atoms with van der Waals surface area (Å²) in [5, 5.41) is -0.157. The van der Waals surface area contributed by atoms with Gasteiger partial charge in [-0.3, -0.25) is 0 Å². The molecular weight excluding hydrogens is 330 g/mol. The average molecular weight is 350 g/mol. The number of aromatic nitrogens is 2. The van der Waals surface area contributed by atoms with E-state index >= 15 is 0 Å². The van der Waals surface area contributed by atoms with Crippen molar-refractivity contribution in [1.82, 2.24) is 9.97 Å². The van der Waals surface area contributed by atoms with Crippen LogP contribution in [0.5, 0.6) is 0 Å². The van der Waals surface area contributed by atoms with E-state index in [0.29, 0.717) is 29.1 Å². The lowest BCUT2D eigenvalue weighted by Crippen LogP contribution is -2.47. The third-order valence-corrected chi connectivity index (χ3v) is 6.46. The summed E-state index contributed by atoms with van der Waals surface area (Å²) in [6.07, 6.45) is 1.28. The molecule has 0 radical (unpaired) electrons. The Kier molecular flexibility index (Phi) is 5.05. The number of nitrogens with zero attached hydrogens (tertiary/aromatic N) is 3. The number of hydrogen-bond acceptors (Lipinski definition) is 6. The predicted octanol–water partition coefficient (Wildman–Crippen LogP) is 2.49. The van der Waals surface area contributed by atoms with Gasteiger partial charge in [-0.2, -0.15) is 11.8 Å². The molecule has 0 bridgehead atoms. The van der Waals surface area contributed by atoms with Gasteiger partial charge in [0, 0.05) is 35.8 Å². The molecule has 2 rings (SSSR count). The molecule has 2 heterocycles. The van der Waals surface area contributed by atoms with Crippen LogP contribution in [0.1, 0.15) is 31.2 Å². The minimum atomic E-state index is -3.18. The number of hydrogen-bond donors (Lipinski definition) is 0. The topological polar surface area (TPSA) is 63.2 Å². The minimum Gasteiger partial charge on any atom is -0.338 e. The van der Waals surface area contributed by atoms with Crippen LogP contribution in [0.2, 0.25) is 5.15 Å². The van der Waals surface area contributed by atoms with Gasteiger partial charge in [-0.1, -0.05) is 25.4 Å². The lowest BCUT2D eigenvalue weighted by molar-refractivity contribution is 0.583. The Morgan fingerprint density at radius 2 is 2.05 bits per heavy atom. The van der Waals surface area contributed by atoms with Crippen molar-refractivity contribution >= 4 is 39.0 Å². The maximum atomic E-state index is 12.1. The standard InChI is InChI=1S/C13H20ClN3O2S2/c1-8(2)12-15-11(14)9(3)13(16-12)17-5-6-20-7-10(17)21(4,18)19/h8,10H,5-7H2,1-4H3. The highest BCUT2D eigenvalue weighted by Crippen LogP contribution is 2.31. The SMILES string of the molecule is Cc1c(Cl)nc(C(C)C)nc1N1CCSCC1S(C)(=O)=O. The van der Waals surface area contributed by atoms with Crippen molar-refractivity contribution in [3.05, 3.63) is 16.5 Å². The number of anilines is 1. The van der Waals surface area contributed by atoms with Crippen LogP contribution in [0.15, 0.2) is 0 Å². The summed E-state index contributed by atoms with van der Waals surface area (Å²) in [5.74, 6) is 2.86. The number of sulfone groups is 1. The maximum absolute atomic E-state index is 12.1. The van der Waals surface area contributed by atoms with Gasteiger partial charge in [-0.15, -0.1) is 0 Å². The van der Waals surface area contributed by atoms with Gasteiger partial charge < -0.3 is 4.90 Å². The summed E-state index contributed by atoms with van der Waals surface area (Å²) in [7, 11) is -3.18. The zero-order valence-corrected chi connectivity index (χ0v) is 15.0. The van der Waals surface area contributed by atoms with Crippen molar-refractivity contribution in [3.8, 4) is 0 Å². The Morgan fingerprint density at radius 3 is 2.62 bits per heavy atom. The van der Waals surface area contributed by atoms with Crippen molar-refractivity contribution in [2.75, 3.05) is 29.2 Å². The molecule has 1 saturated heterocycles. The molecule has 1 aromatic rings. The third-order valence-electron chi connectivity index (χ3n) is 3.45. The molecule has 5 nitrogen and oxygen atoms in total. The van der Waals surface area contributed by atoms with Gasteiger partial charge in [0.2, 0.25) is 0 Å². The highest BCUT2D eigenvalue weighted by molar-refractivity contribution is 8.01. The highest BCUT2D eigenvalue weighted by atomic mass is 35.5. The molecule has 1 aliphatic rings. The zero-order chi connectivity index (χ0) is 15.8. The molecule has 0 N–H and O–H groups in total. The quantitative estimate of drug-likeness (QED) is 0.781. The molecule has 0 aliphatic carbocycles. The Labute approximate surface area is 135 Å². The van der Waals surface area contributed by atoms with Crippen LogP contribution in [0, 0.1) is 6.92 Å². The molecule has 1 aliphatic heterocycles. The summed E-state index contributed by atoms with van der Waals surface area (Å²) in [5.41, 5.74) is 0.738. The Hall–Kier alpha value is -0.530. The lowest BCUT2D eigenvalue weighted by atomic mass is 10.2. The second-order valence-corrected chi connectivity index (χ2v) is 9.24. The van der Waals surface area contributed by atoms with Crippen molar-refractivity contribution in [1.29, 1.82) is 0 Å². The van der Waals surface area contributed by atoms with Crippen molar-refractivity contribution < 1.29 is 8.42 Å². The Morgan fingerprint density at radius 1 is 1.38 bits per heavy atom. The fraction of sp³-hybridized carbons (Fsp3) is 0.692. The summed E-state index contributed by atoms with van der Waals surface area (Å²) >= 11 is 7.86. The van der Waals surface area contributed by atoms with E-state index in [1.807, 2.05) is 25.7 Å². The Bertz CT molecular complexity index is 635. The molecule has 0 saturated carbocycles. The monoisotopic (exact) mass is 349 g/mol. The molecule has 0 spiro atoms. The number of halogens is 1. The van der Waals surface area contributed by atoms with Gasteiger partial charge in [-0.25, -0.2) is 18.4 Å². The van der Waals surface area contributed by atoms with Gasteiger partial charge in [0.1, 0.15) is 22.2 Å². The van der Waals surface area contributed by atoms with Gasteiger partial charge >= 0.3 is 0 Å².